The standard InChI is InChI=1S/C27H29NO3.ClH/c1-29-26-14-20-10-13-24(23(20)16-27(26)30-2)28-25-15-22(25)19-8-11-21(12-9-19)31-17-18-6-4-3-5-7-18;/h3-9,11-12,14,16,22,24-25,28H,10,13,15,17H2,1-2H3;1H. The summed E-state index contributed by atoms with van der Waals surface area (Å²) in [6.45, 7) is 0.600. The second-order valence-electron chi connectivity index (χ2n) is 8.46. The molecule has 0 amide bonds. The Morgan fingerprint density at radius 1 is 0.906 bits per heavy atom. The van der Waals surface area contributed by atoms with Gasteiger partial charge in [0.1, 0.15) is 12.4 Å². The smallest absolute Gasteiger partial charge is 0.161 e. The number of hydrogen-bond donors (Lipinski definition) is 1. The SMILES string of the molecule is COc1cc2c(cc1OC)C(NC1CC1c1ccc(OCc3ccccc3)cc1)CC2.Cl. The highest BCUT2D eigenvalue weighted by Crippen LogP contribution is 2.45. The zero-order chi connectivity index (χ0) is 21.2. The lowest BCUT2D eigenvalue weighted by Gasteiger charge is -2.16. The number of benzene rings is 3. The van der Waals surface area contributed by atoms with Crippen LogP contribution < -0.4 is 19.5 Å². The van der Waals surface area contributed by atoms with E-state index in [2.05, 4.69) is 53.8 Å². The molecule has 1 fully saturated rings. The predicted molar refractivity (Wildman–Crippen MR) is 129 cm³/mol. The van der Waals surface area contributed by atoms with E-state index in [-0.39, 0.29) is 12.4 Å². The third-order valence-electron chi connectivity index (χ3n) is 6.49. The van der Waals surface area contributed by atoms with Crippen LogP contribution in [-0.2, 0) is 13.0 Å². The first-order valence-electron chi connectivity index (χ1n) is 11.0. The van der Waals surface area contributed by atoms with Crippen molar-refractivity contribution in [3.63, 3.8) is 0 Å². The van der Waals surface area contributed by atoms with E-state index in [1.165, 1.54) is 28.7 Å². The Bertz CT molecular complexity index is 1040. The highest BCUT2D eigenvalue weighted by atomic mass is 35.5. The van der Waals surface area contributed by atoms with E-state index in [0.29, 0.717) is 24.6 Å². The highest BCUT2D eigenvalue weighted by molar-refractivity contribution is 5.85. The van der Waals surface area contributed by atoms with Crippen molar-refractivity contribution in [1.29, 1.82) is 0 Å². The molecule has 1 saturated carbocycles. The fourth-order valence-corrected chi connectivity index (χ4v) is 4.66. The van der Waals surface area contributed by atoms with E-state index in [1.807, 2.05) is 18.2 Å². The van der Waals surface area contributed by atoms with Gasteiger partial charge < -0.3 is 19.5 Å². The van der Waals surface area contributed by atoms with E-state index in [4.69, 9.17) is 14.2 Å². The van der Waals surface area contributed by atoms with E-state index >= 15 is 0 Å². The van der Waals surface area contributed by atoms with Crippen LogP contribution in [0, 0.1) is 0 Å². The molecular weight excluding hydrogens is 422 g/mol. The van der Waals surface area contributed by atoms with E-state index in [9.17, 15) is 0 Å². The van der Waals surface area contributed by atoms with Crippen LogP contribution in [0.25, 0.3) is 0 Å². The van der Waals surface area contributed by atoms with Crippen LogP contribution in [0.5, 0.6) is 17.2 Å². The molecule has 3 atom stereocenters. The lowest BCUT2D eigenvalue weighted by atomic mass is 10.1. The molecule has 3 unspecified atom stereocenters. The summed E-state index contributed by atoms with van der Waals surface area (Å²) < 4.78 is 16.9. The Hall–Kier alpha value is -2.69. The quantitative estimate of drug-likeness (QED) is 0.467. The fraction of sp³-hybridized carbons (Fsp3) is 0.333. The minimum absolute atomic E-state index is 0. The maximum Gasteiger partial charge on any atom is 0.161 e. The van der Waals surface area contributed by atoms with E-state index in [0.717, 1.165) is 30.1 Å². The molecule has 0 saturated heterocycles. The Morgan fingerprint density at radius 3 is 2.34 bits per heavy atom. The van der Waals surface area contributed by atoms with Crippen molar-refractivity contribution >= 4 is 12.4 Å². The molecule has 5 heteroatoms. The first-order chi connectivity index (χ1) is 15.2. The maximum atomic E-state index is 5.92. The summed E-state index contributed by atoms with van der Waals surface area (Å²) in [6, 6.07) is 24.1. The first kappa shape index (κ1) is 22.5. The first-order valence-corrected chi connectivity index (χ1v) is 11.0. The Morgan fingerprint density at radius 2 is 1.62 bits per heavy atom. The number of aryl methyl sites for hydroxylation is 1. The largest absolute Gasteiger partial charge is 0.493 e. The summed E-state index contributed by atoms with van der Waals surface area (Å²) in [4.78, 5) is 0. The summed E-state index contributed by atoms with van der Waals surface area (Å²) >= 11 is 0. The normalized spacial score (nSPS) is 20.8. The molecule has 4 nitrogen and oxygen atoms in total. The number of ether oxygens (including phenoxy) is 3. The number of nitrogens with one attached hydrogen (secondary N) is 1. The lowest BCUT2D eigenvalue weighted by molar-refractivity contribution is 0.306. The van der Waals surface area contributed by atoms with Crippen LogP contribution in [0.15, 0.2) is 66.7 Å². The van der Waals surface area contributed by atoms with Crippen LogP contribution in [0.1, 0.15) is 47.1 Å². The zero-order valence-corrected chi connectivity index (χ0v) is 19.4. The molecule has 168 valence electrons. The number of rotatable bonds is 8. The topological polar surface area (TPSA) is 39.7 Å². The van der Waals surface area contributed by atoms with Crippen LogP contribution >= 0.6 is 12.4 Å². The van der Waals surface area contributed by atoms with Crippen molar-refractivity contribution in [2.45, 2.75) is 43.9 Å². The average Bonchev–Trinajstić information content (AvgIpc) is 3.49. The lowest BCUT2D eigenvalue weighted by Crippen LogP contribution is -2.22. The minimum Gasteiger partial charge on any atom is -0.493 e. The summed E-state index contributed by atoms with van der Waals surface area (Å²) in [5, 5.41) is 3.88. The molecule has 1 N–H and O–H groups in total. The van der Waals surface area contributed by atoms with Gasteiger partial charge in [-0.3, -0.25) is 0 Å². The molecule has 5 rings (SSSR count). The summed E-state index contributed by atoms with van der Waals surface area (Å²) in [6.07, 6.45) is 3.39. The molecule has 0 aromatic heterocycles. The predicted octanol–water partition coefficient (Wildman–Crippen LogP) is 5.84. The van der Waals surface area contributed by atoms with E-state index in [1.54, 1.807) is 14.2 Å². The van der Waals surface area contributed by atoms with Crippen molar-refractivity contribution in [2.75, 3.05) is 14.2 Å². The van der Waals surface area contributed by atoms with Gasteiger partial charge in [-0.15, -0.1) is 12.4 Å². The third kappa shape index (κ3) is 4.72. The third-order valence-corrected chi connectivity index (χ3v) is 6.49. The maximum absolute atomic E-state index is 5.92. The molecular formula is C27H30ClNO3. The van der Waals surface area contributed by atoms with Crippen LogP contribution in [0.4, 0.5) is 0 Å². The molecule has 0 aliphatic heterocycles. The second kappa shape index (κ2) is 9.85. The molecule has 3 aromatic carbocycles. The zero-order valence-electron chi connectivity index (χ0n) is 18.5. The van der Waals surface area contributed by atoms with Gasteiger partial charge in [0.15, 0.2) is 11.5 Å². The van der Waals surface area contributed by atoms with Gasteiger partial charge in [-0.25, -0.2) is 0 Å². The van der Waals surface area contributed by atoms with Crippen LogP contribution in [0.3, 0.4) is 0 Å². The molecule has 2 aliphatic carbocycles. The number of fused-ring (bicyclic) bond motifs is 1. The molecule has 0 bridgehead atoms. The molecule has 32 heavy (non-hydrogen) atoms. The van der Waals surface area contributed by atoms with Crippen molar-refractivity contribution in [3.05, 3.63) is 89.0 Å². The fourth-order valence-electron chi connectivity index (χ4n) is 4.66. The Balaban J connectivity index is 0.00000245. The molecule has 0 heterocycles. The van der Waals surface area contributed by atoms with Gasteiger partial charge in [-0.05, 0) is 65.8 Å². The van der Waals surface area contributed by atoms with Gasteiger partial charge in [0.2, 0.25) is 0 Å². The summed E-state index contributed by atoms with van der Waals surface area (Å²) in [5.41, 5.74) is 5.29. The molecule has 2 aliphatic rings. The van der Waals surface area contributed by atoms with Crippen LogP contribution in [-0.4, -0.2) is 20.3 Å². The Kier molecular flexibility index (Phi) is 6.92. The highest BCUT2D eigenvalue weighted by Gasteiger charge is 2.40. The van der Waals surface area contributed by atoms with Gasteiger partial charge in [-0.1, -0.05) is 42.5 Å². The molecule has 0 radical (unpaired) electrons. The number of methoxy groups -OCH3 is 2. The summed E-state index contributed by atoms with van der Waals surface area (Å²) in [5.74, 6) is 3.13. The molecule has 3 aromatic rings. The second-order valence-corrected chi connectivity index (χ2v) is 8.46. The monoisotopic (exact) mass is 451 g/mol. The summed E-state index contributed by atoms with van der Waals surface area (Å²) in [7, 11) is 3.40. The van der Waals surface area contributed by atoms with Crippen molar-refractivity contribution in [3.8, 4) is 17.2 Å². The van der Waals surface area contributed by atoms with Crippen molar-refractivity contribution in [2.24, 2.45) is 0 Å². The number of halogens is 1. The minimum atomic E-state index is 0. The van der Waals surface area contributed by atoms with Crippen molar-refractivity contribution in [1.82, 2.24) is 5.32 Å². The number of hydrogen-bond acceptors (Lipinski definition) is 4. The van der Waals surface area contributed by atoms with E-state index < -0.39 is 0 Å². The Labute approximate surface area is 196 Å². The van der Waals surface area contributed by atoms with Gasteiger partial charge >= 0.3 is 0 Å². The van der Waals surface area contributed by atoms with Gasteiger partial charge in [0.25, 0.3) is 0 Å². The average molecular weight is 452 g/mol. The van der Waals surface area contributed by atoms with Gasteiger partial charge in [-0.2, -0.15) is 0 Å². The van der Waals surface area contributed by atoms with Gasteiger partial charge in [0.05, 0.1) is 14.2 Å². The molecule has 0 spiro atoms. The van der Waals surface area contributed by atoms with Crippen molar-refractivity contribution < 1.29 is 14.2 Å². The van der Waals surface area contributed by atoms with Gasteiger partial charge in [0, 0.05) is 18.0 Å². The van der Waals surface area contributed by atoms with Crippen LogP contribution in [0.2, 0.25) is 0 Å².